The number of rotatable bonds is 2. The fourth-order valence-electron chi connectivity index (χ4n) is 3.13. The first-order valence-corrected chi connectivity index (χ1v) is 6.58. The summed E-state index contributed by atoms with van der Waals surface area (Å²) in [5.74, 6) is -1.25. The highest BCUT2D eigenvalue weighted by Gasteiger charge is 2.57. The molecule has 2 atom stereocenters. The van der Waals surface area contributed by atoms with Crippen LogP contribution in [0.3, 0.4) is 0 Å². The second-order valence-corrected chi connectivity index (χ2v) is 5.72. The summed E-state index contributed by atoms with van der Waals surface area (Å²) in [4.78, 5) is 12.1. The van der Waals surface area contributed by atoms with E-state index in [-0.39, 0.29) is 21.7 Å². The third-order valence-electron chi connectivity index (χ3n) is 4.00. The van der Waals surface area contributed by atoms with Crippen LogP contribution in [0.25, 0.3) is 0 Å². The lowest BCUT2D eigenvalue weighted by atomic mass is 10.0. The predicted octanol–water partition coefficient (Wildman–Crippen LogP) is 3.96. The number of ketones is 1. The molecule has 2 fully saturated rings. The molecule has 0 bridgehead atoms. The molecule has 2 aliphatic rings. The number of hydrogen-bond acceptors (Lipinski definition) is 1. The van der Waals surface area contributed by atoms with Crippen LogP contribution in [0.15, 0.2) is 16.6 Å². The largest absolute Gasteiger partial charge is 0.294 e. The zero-order chi connectivity index (χ0) is 12.2. The van der Waals surface area contributed by atoms with Crippen LogP contribution in [-0.4, -0.2) is 5.78 Å². The minimum Gasteiger partial charge on any atom is -0.294 e. The fraction of sp³-hybridized carbons (Fsp3) is 0.462. The van der Waals surface area contributed by atoms with Crippen molar-refractivity contribution in [2.75, 3.05) is 0 Å². The summed E-state index contributed by atoms with van der Waals surface area (Å²) >= 11 is 2.99. The van der Waals surface area contributed by atoms with E-state index in [0.29, 0.717) is 11.8 Å². The lowest BCUT2D eigenvalue weighted by molar-refractivity contribution is 0.0943. The average Bonchev–Trinajstić information content (AvgIpc) is 2.78. The van der Waals surface area contributed by atoms with E-state index in [1.165, 1.54) is 6.07 Å². The Morgan fingerprint density at radius 3 is 2.53 bits per heavy atom. The fourth-order valence-corrected chi connectivity index (χ4v) is 3.46. The van der Waals surface area contributed by atoms with E-state index in [2.05, 4.69) is 15.9 Å². The molecule has 1 nitrogen and oxygen atoms in total. The molecule has 1 aromatic rings. The van der Waals surface area contributed by atoms with Crippen molar-refractivity contribution >= 4 is 21.7 Å². The maximum Gasteiger partial charge on any atom is 0.172 e. The van der Waals surface area contributed by atoms with Gasteiger partial charge in [0.1, 0.15) is 5.82 Å². The molecule has 2 aliphatic carbocycles. The molecule has 0 aliphatic heterocycles. The first-order chi connectivity index (χ1) is 8.11. The Balaban J connectivity index is 1.94. The number of fused-ring (bicyclic) bond motifs is 1. The number of hydrogen-bond donors (Lipinski definition) is 0. The molecule has 2 unspecified atom stereocenters. The molecular formula is C13H11BrF2O. The van der Waals surface area contributed by atoms with Crippen LogP contribution in [0, 0.1) is 29.4 Å². The second-order valence-electron chi connectivity index (χ2n) is 4.87. The molecule has 0 aromatic heterocycles. The summed E-state index contributed by atoms with van der Waals surface area (Å²) in [5, 5.41) is 0. The maximum atomic E-state index is 13.8. The van der Waals surface area contributed by atoms with E-state index >= 15 is 0 Å². The van der Waals surface area contributed by atoms with Crippen LogP contribution in [0.1, 0.15) is 29.6 Å². The summed E-state index contributed by atoms with van der Waals surface area (Å²) in [6.45, 7) is 0. The van der Waals surface area contributed by atoms with Crippen molar-refractivity contribution in [2.24, 2.45) is 17.8 Å². The average molecular weight is 301 g/mol. The molecule has 0 saturated heterocycles. The van der Waals surface area contributed by atoms with Crippen LogP contribution < -0.4 is 0 Å². The Labute approximate surface area is 106 Å². The highest BCUT2D eigenvalue weighted by molar-refractivity contribution is 9.10. The van der Waals surface area contributed by atoms with E-state index < -0.39 is 11.6 Å². The van der Waals surface area contributed by atoms with Gasteiger partial charge in [-0.3, -0.25) is 4.79 Å². The molecule has 2 saturated carbocycles. The molecule has 0 amide bonds. The lowest BCUT2D eigenvalue weighted by Crippen LogP contribution is -2.11. The normalized spacial score (nSPS) is 30.2. The van der Waals surface area contributed by atoms with Gasteiger partial charge in [-0.05, 0) is 52.7 Å². The van der Waals surface area contributed by atoms with Crippen molar-refractivity contribution in [1.82, 2.24) is 0 Å². The van der Waals surface area contributed by atoms with E-state index in [9.17, 15) is 13.6 Å². The number of benzene rings is 1. The molecule has 0 heterocycles. The molecule has 0 radical (unpaired) electrons. The third kappa shape index (κ3) is 1.65. The first kappa shape index (κ1) is 11.3. The predicted molar refractivity (Wildman–Crippen MR) is 62.7 cm³/mol. The number of carbonyl (C=O) groups is 1. The van der Waals surface area contributed by atoms with Gasteiger partial charge in [-0.2, -0.15) is 0 Å². The Kier molecular flexibility index (Phi) is 2.58. The molecule has 0 spiro atoms. The van der Waals surface area contributed by atoms with Crippen molar-refractivity contribution < 1.29 is 13.6 Å². The monoisotopic (exact) mass is 300 g/mol. The standard InChI is InChI=1S/C13H11BrF2O/c14-8-4-5-9(15)11(12(8)16)13(17)10-6-2-1-3-7(6)10/h4-7,10H,1-3H2. The van der Waals surface area contributed by atoms with Crippen LogP contribution in [0.4, 0.5) is 8.78 Å². The van der Waals surface area contributed by atoms with Crippen LogP contribution in [0.2, 0.25) is 0 Å². The smallest absolute Gasteiger partial charge is 0.172 e. The Morgan fingerprint density at radius 2 is 1.88 bits per heavy atom. The highest BCUT2D eigenvalue weighted by atomic mass is 79.9. The molecular weight excluding hydrogens is 290 g/mol. The van der Waals surface area contributed by atoms with Gasteiger partial charge >= 0.3 is 0 Å². The molecule has 4 heteroatoms. The zero-order valence-corrected chi connectivity index (χ0v) is 10.6. The molecule has 17 heavy (non-hydrogen) atoms. The van der Waals surface area contributed by atoms with Crippen molar-refractivity contribution in [3.05, 3.63) is 33.8 Å². The van der Waals surface area contributed by atoms with Crippen LogP contribution in [0.5, 0.6) is 0 Å². The lowest BCUT2D eigenvalue weighted by Gasteiger charge is -2.07. The van der Waals surface area contributed by atoms with Gasteiger partial charge in [0, 0.05) is 5.92 Å². The number of carbonyl (C=O) groups excluding carboxylic acids is 1. The molecule has 90 valence electrons. The first-order valence-electron chi connectivity index (χ1n) is 5.79. The third-order valence-corrected chi connectivity index (χ3v) is 4.61. The zero-order valence-electron chi connectivity index (χ0n) is 9.05. The van der Waals surface area contributed by atoms with E-state index in [1.54, 1.807) is 0 Å². The maximum absolute atomic E-state index is 13.8. The Hall–Kier alpha value is -0.770. The quantitative estimate of drug-likeness (QED) is 0.597. The number of halogens is 3. The summed E-state index contributed by atoms with van der Waals surface area (Å²) < 4.78 is 27.5. The van der Waals surface area contributed by atoms with Crippen molar-refractivity contribution in [1.29, 1.82) is 0 Å². The van der Waals surface area contributed by atoms with Crippen LogP contribution >= 0.6 is 15.9 Å². The van der Waals surface area contributed by atoms with Gasteiger partial charge in [0.05, 0.1) is 10.0 Å². The van der Waals surface area contributed by atoms with Crippen molar-refractivity contribution in [3.63, 3.8) is 0 Å². The Bertz CT molecular complexity index is 490. The summed E-state index contributed by atoms with van der Waals surface area (Å²) in [6, 6.07) is 2.42. The van der Waals surface area contributed by atoms with Gasteiger partial charge in [-0.25, -0.2) is 8.78 Å². The van der Waals surface area contributed by atoms with Gasteiger partial charge in [0.25, 0.3) is 0 Å². The SMILES string of the molecule is O=C(c1c(F)ccc(Br)c1F)C1C2CCCC21. The molecule has 1 aromatic carbocycles. The highest BCUT2D eigenvalue weighted by Crippen LogP contribution is 2.58. The van der Waals surface area contributed by atoms with Crippen LogP contribution in [-0.2, 0) is 0 Å². The van der Waals surface area contributed by atoms with Gasteiger partial charge < -0.3 is 0 Å². The second kappa shape index (κ2) is 3.87. The van der Waals surface area contributed by atoms with E-state index in [0.717, 1.165) is 25.3 Å². The Morgan fingerprint density at radius 1 is 1.24 bits per heavy atom. The molecule has 0 N–H and O–H groups in total. The summed E-state index contributed by atoms with van der Waals surface area (Å²) in [6.07, 6.45) is 3.19. The number of Topliss-reactive ketones (excluding diaryl/α,β-unsaturated/α-hetero) is 1. The molecule has 3 rings (SSSR count). The van der Waals surface area contributed by atoms with Gasteiger partial charge in [0.2, 0.25) is 0 Å². The van der Waals surface area contributed by atoms with Crippen molar-refractivity contribution in [2.45, 2.75) is 19.3 Å². The van der Waals surface area contributed by atoms with Gasteiger partial charge in [0.15, 0.2) is 11.6 Å². The minimum atomic E-state index is -0.764. The van der Waals surface area contributed by atoms with E-state index in [4.69, 9.17) is 0 Å². The summed E-state index contributed by atoms with van der Waals surface area (Å²) in [7, 11) is 0. The topological polar surface area (TPSA) is 17.1 Å². The van der Waals surface area contributed by atoms with E-state index in [1.807, 2.05) is 0 Å². The van der Waals surface area contributed by atoms with Gasteiger partial charge in [-0.15, -0.1) is 0 Å². The summed E-state index contributed by atoms with van der Waals surface area (Å²) in [5.41, 5.74) is -0.362. The van der Waals surface area contributed by atoms with Gasteiger partial charge in [-0.1, -0.05) is 6.42 Å². The van der Waals surface area contributed by atoms with Crippen molar-refractivity contribution in [3.8, 4) is 0 Å². The minimum absolute atomic E-state index is 0.137.